The van der Waals surface area contributed by atoms with E-state index in [0.717, 1.165) is 26.4 Å². The third kappa shape index (κ3) is 5.14. The maximum Gasteiger partial charge on any atom is 0.377 e. The third-order valence-electron chi connectivity index (χ3n) is 5.91. The van der Waals surface area contributed by atoms with E-state index in [9.17, 15) is 18.4 Å². The molecule has 9 nitrogen and oxygen atoms in total. The molecule has 3 aromatic rings. The Kier molecular flexibility index (Phi) is 7.34. The van der Waals surface area contributed by atoms with Crippen LogP contribution in [0.4, 0.5) is 8.78 Å². The van der Waals surface area contributed by atoms with E-state index in [-0.39, 0.29) is 18.4 Å². The van der Waals surface area contributed by atoms with Crippen molar-refractivity contribution in [2.75, 3.05) is 20.3 Å². The quantitative estimate of drug-likeness (QED) is 0.438. The van der Waals surface area contributed by atoms with Gasteiger partial charge in [0.05, 0.1) is 26.0 Å². The second kappa shape index (κ2) is 10.4. The first kappa shape index (κ1) is 24.6. The van der Waals surface area contributed by atoms with Crippen LogP contribution in [0.5, 0.6) is 0 Å². The lowest BCUT2D eigenvalue weighted by Crippen LogP contribution is -2.34. The van der Waals surface area contributed by atoms with Gasteiger partial charge in [0.25, 0.3) is 0 Å². The molecule has 3 heterocycles. The molecule has 0 spiro atoms. The maximum absolute atomic E-state index is 14.5. The predicted molar refractivity (Wildman–Crippen MR) is 121 cm³/mol. The number of benzene rings is 1. The molecule has 0 bridgehead atoms. The number of esters is 2. The van der Waals surface area contributed by atoms with E-state index in [2.05, 4.69) is 19.7 Å². The minimum Gasteiger partial charge on any atom is -0.469 e. The molecule has 35 heavy (non-hydrogen) atoms. The Morgan fingerprint density at radius 1 is 1.26 bits per heavy atom. The average molecular weight is 488 g/mol. The zero-order chi connectivity index (χ0) is 25.0. The highest BCUT2D eigenvalue weighted by Crippen LogP contribution is 2.35. The largest absolute Gasteiger partial charge is 0.469 e. The van der Waals surface area contributed by atoms with Gasteiger partial charge in [0.2, 0.25) is 0 Å². The standard InChI is InChI=1S/C24H26F2N4O5/c1-3-34-23(32)24(25,26)12-17(22(31)33-2)15-7-6-8-16(11-15)19-20-21(28-13-27-19)30(14-29-20)18-9-4-5-10-35-18/h6-8,11,13-14,17-18H,3-5,9-10,12H2,1-2H3/t17-,18?/m0/s1. The fourth-order valence-corrected chi connectivity index (χ4v) is 4.18. The first-order chi connectivity index (χ1) is 16.9. The number of halogens is 2. The first-order valence-electron chi connectivity index (χ1n) is 11.4. The minimum atomic E-state index is -3.87. The van der Waals surface area contributed by atoms with Crippen molar-refractivity contribution in [3.8, 4) is 11.3 Å². The highest BCUT2D eigenvalue weighted by molar-refractivity contribution is 5.88. The number of imidazole rings is 1. The molecule has 0 amide bonds. The third-order valence-corrected chi connectivity index (χ3v) is 5.91. The number of ether oxygens (including phenoxy) is 3. The molecule has 0 radical (unpaired) electrons. The van der Waals surface area contributed by atoms with Crippen LogP contribution in [0.25, 0.3) is 22.4 Å². The molecule has 2 atom stereocenters. The highest BCUT2D eigenvalue weighted by atomic mass is 19.3. The first-order valence-corrected chi connectivity index (χ1v) is 11.4. The van der Waals surface area contributed by atoms with Gasteiger partial charge in [-0.2, -0.15) is 8.78 Å². The molecule has 0 aliphatic carbocycles. The molecule has 1 aliphatic heterocycles. The van der Waals surface area contributed by atoms with Crippen LogP contribution in [-0.4, -0.2) is 57.7 Å². The Labute approximate surface area is 200 Å². The van der Waals surface area contributed by atoms with Crippen molar-refractivity contribution >= 4 is 23.1 Å². The summed E-state index contributed by atoms with van der Waals surface area (Å²) in [5, 5.41) is 0. The van der Waals surface area contributed by atoms with Crippen LogP contribution in [0.1, 0.15) is 50.3 Å². The molecule has 1 fully saturated rings. The predicted octanol–water partition coefficient (Wildman–Crippen LogP) is 4.04. The number of aromatic nitrogens is 4. The fraction of sp³-hybridized carbons (Fsp3) is 0.458. The molecular formula is C24H26F2N4O5. The van der Waals surface area contributed by atoms with E-state index >= 15 is 0 Å². The van der Waals surface area contributed by atoms with Crippen LogP contribution in [0.2, 0.25) is 0 Å². The maximum atomic E-state index is 14.5. The second-order valence-corrected chi connectivity index (χ2v) is 8.20. The summed E-state index contributed by atoms with van der Waals surface area (Å²) in [7, 11) is 1.11. The van der Waals surface area contributed by atoms with Gasteiger partial charge in [-0.15, -0.1) is 0 Å². The summed E-state index contributed by atoms with van der Waals surface area (Å²) >= 11 is 0. The van der Waals surface area contributed by atoms with E-state index < -0.39 is 30.2 Å². The van der Waals surface area contributed by atoms with Gasteiger partial charge in [0.15, 0.2) is 5.65 Å². The number of carbonyl (C=O) groups is 2. The molecular weight excluding hydrogens is 462 g/mol. The van der Waals surface area contributed by atoms with Crippen molar-refractivity contribution < 1.29 is 32.6 Å². The Morgan fingerprint density at radius 3 is 2.80 bits per heavy atom. The smallest absolute Gasteiger partial charge is 0.377 e. The number of hydrogen-bond donors (Lipinski definition) is 0. The molecule has 0 saturated carbocycles. The summed E-state index contributed by atoms with van der Waals surface area (Å²) < 4.78 is 46.0. The lowest BCUT2D eigenvalue weighted by atomic mass is 9.91. The zero-order valence-corrected chi connectivity index (χ0v) is 19.4. The van der Waals surface area contributed by atoms with Crippen molar-refractivity contribution in [2.45, 2.75) is 50.7 Å². The van der Waals surface area contributed by atoms with Crippen LogP contribution in [0, 0.1) is 0 Å². The molecule has 1 aliphatic rings. The molecule has 4 rings (SSSR count). The van der Waals surface area contributed by atoms with E-state index in [0.29, 0.717) is 29.0 Å². The summed E-state index contributed by atoms with van der Waals surface area (Å²) in [6.07, 6.45) is 4.68. The molecule has 1 saturated heterocycles. The van der Waals surface area contributed by atoms with Crippen LogP contribution in [0.3, 0.4) is 0 Å². The second-order valence-electron chi connectivity index (χ2n) is 8.20. The Hall–Kier alpha value is -3.47. The van der Waals surface area contributed by atoms with Crippen LogP contribution in [0.15, 0.2) is 36.9 Å². The van der Waals surface area contributed by atoms with Gasteiger partial charge in [-0.25, -0.2) is 19.7 Å². The van der Waals surface area contributed by atoms with E-state index in [1.54, 1.807) is 24.5 Å². The SMILES string of the molecule is CCOC(=O)C(F)(F)C[C@H](C(=O)OC)c1cccc(-c2ncnc3c2ncn3C2CCCCO2)c1. The van der Waals surface area contributed by atoms with Crippen molar-refractivity contribution in [3.63, 3.8) is 0 Å². The van der Waals surface area contributed by atoms with Gasteiger partial charge in [-0.05, 0) is 37.8 Å². The number of methoxy groups -OCH3 is 1. The lowest BCUT2D eigenvalue weighted by molar-refractivity contribution is -0.174. The molecule has 186 valence electrons. The fourth-order valence-electron chi connectivity index (χ4n) is 4.18. The topological polar surface area (TPSA) is 105 Å². The summed E-state index contributed by atoms with van der Waals surface area (Å²) in [5.74, 6) is -7.84. The van der Waals surface area contributed by atoms with Gasteiger partial charge in [-0.3, -0.25) is 9.36 Å². The summed E-state index contributed by atoms with van der Waals surface area (Å²) in [4.78, 5) is 37.4. The Balaban J connectivity index is 1.70. The number of rotatable bonds is 8. The molecule has 1 aromatic carbocycles. The van der Waals surface area contributed by atoms with E-state index in [1.807, 2.05) is 4.57 Å². The van der Waals surface area contributed by atoms with Crippen molar-refractivity contribution in [2.24, 2.45) is 0 Å². The van der Waals surface area contributed by atoms with Crippen LogP contribution < -0.4 is 0 Å². The minimum absolute atomic E-state index is 0.170. The number of hydrogen-bond acceptors (Lipinski definition) is 8. The molecule has 11 heteroatoms. The van der Waals surface area contributed by atoms with Gasteiger partial charge < -0.3 is 14.2 Å². The van der Waals surface area contributed by atoms with Gasteiger partial charge in [0, 0.05) is 18.6 Å². The van der Waals surface area contributed by atoms with Crippen molar-refractivity contribution in [3.05, 3.63) is 42.5 Å². The number of nitrogens with zero attached hydrogens (tertiary/aromatic N) is 4. The molecule has 0 N–H and O–H groups in total. The zero-order valence-electron chi connectivity index (χ0n) is 19.4. The summed E-state index contributed by atoms with van der Waals surface area (Å²) in [6, 6.07) is 6.46. The Bertz CT molecular complexity index is 1210. The number of alkyl halides is 2. The van der Waals surface area contributed by atoms with Crippen molar-refractivity contribution in [1.82, 2.24) is 19.5 Å². The van der Waals surface area contributed by atoms with E-state index in [4.69, 9.17) is 9.47 Å². The van der Waals surface area contributed by atoms with Crippen LogP contribution >= 0.6 is 0 Å². The van der Waals surface area contributed by atoms with Crippen LogP contribution in [-0.2, 0) is 23.8 Å². The van der Waals surface area contributed by atoms with Gasteiger partial charge >= 0.3 is 17.9 Å². The summed E-state index contributed by atoms with van der Waals surface area (Å²) in [6.45, 7) is 1.89. The monoisotopic (exact) mass is 488 g/mol. The molecule has 1 unspecified atom stereocenters. The normalized spacial score (nSPS) is 17.2. The highest BCUT2D eigenvalue weighted by Gasteiger charge is 2.45. The lowest BCUT2D eigenvalue weighted by Gasteiger charge is -2.23. The molecule has 2 aromatic heterocycles. The number of carbonyl (C=O) groups excluding carboxylic acids is 2. The average Bonchev–Trinajstić information content (AvgIpc) is 3.32. The van der Waals surface area contributed by atoms with Gasteiger partial charge in [-0.1, -0.05) is 18.2 Å². The number of fused-ring (bicyclic) bond motifs is 1. The van der Waals surface area contributed by atoms with Gasteiger partial charge in [0.1, 0.15) is 23.8 Å². The van der Waals surface area contributed by atoms with Crippen molar-refractivity contribution in [1.29, 1.82) is 0 Å². The Morgan fingerprint density at radius 2 is 2.09 bits per heavy atom. The van der Waals surface area contributed by atoms with E-state index in [1.165, 1.54) is 19.3 Å². The summed E-state index contributed by atoms with van der Waals surface area (Å²) in [5.41, 5.74) is 2.39.